The molecule has 1 rings (SSSR count). The first kappa shape index (κ1) is 9.55. The number of hydrogen-bond donors (Lipinski definition) is 1. The molecule has 0 amide bonds. The molecule has 0 bridgehead atoms. The van der Waals surface area contributed by atoms with Crippen LogP contribution in [0.15, 0.2) is 11.1 Å². The van der Waals surface area contributed by atoms with Gasteiger partial charge in [-0.2, -0.15) is 5.10 Å². The summed E-state index contributed by atoms with van der Waals surface area (Å²) >= 11 is 0. The second kappa shape index (κ2) is 4.48. The van der Waals surface area contributed by atoms with Crippen molar-refractivity contribution in [1.29, 1.82) is 0 Å². The first-order valence-corrected chi connectivity index (χ1v) is 3.98. The summed E-state index contributed by atoms with van der Waals surface area (Å²) in [4.78, 5) is 11.2. The summed E-state index contributed by atoms with van der Waals surface area (Å²) in [6, 6.07) is 0. The van der Waals surface area contributed by atoms with E-state index in [0.29, 0.717) is 19.6 Å². The number of nitrogens with one attached hydrogen (secondary N) is 1. The van der Waals surface area contributed by atoms with Crippen molar-refractivity contribution < 1.29 is 0 Å². The van der Waals surface area contributed by atoms with Crippen molar-refractivity contribution in [3.8, 4) is 12.3 Å². The van der Waals surface area contributed by atoms with Gasteiger partial charge in [-0.1, -0.05) is 5.92 Å². The molecule has 0 atom stereocenters. The highest BCUT2D eigenvalue weighted by Crippen LogP contribution is 1.74. The zero-order chi connectivity index (χ0) is 9.68. The van der Waals surface area contributed by atoms with Crippen molar-refractivity contribution in [1.82, 2.24) is 19.7 Å². The molecular formula is C8H12N4O. The van der Waals surface area contributed by atoms with Crippen LogP contribution in [0.3, 0.4) is 0 Å². The number of aromatic nitrogens is 3. The van der Waals surface area contributed by atoms with Crippen LogP contribution in [0.2, 0.25) is 0 Å². The summed E-state index contributed by atoms with van der Waals surface area (Å²) in [6.45, 7) is 1.71. The average molecular weight is 180 g/mol. The first-order valence-electron chi connectivity index (χ1n) is 3.98. The van der Waals surface area contributed by atoms with Gasteiger partial charge in [-0.05, 0) is 0 Å². The summed E-state index contributed by atoms with van der Waals surface area (Å²) < 4.78 is 2.82. The van der Waals surface area contributed by atoms with Crippen molar-refractivity contribution >= 4 is 0 Å². The van der Waals surface area contributed by atoms with Crippen LogP contribution < -0.4 is 11.0 Å². The Balaban J connectivity index is 2.42. The molecule has 0 aliphatic rings. The van der Waals surface area contributed by atoms with Crippen LogP contribution in [-0.4, -0.2) is 27.4 Å². The second-order valence-corrected chi connectivity index (χ2v) is 2.63. The minimum Gasteiger partial charge on any atom is -0.304 e. The van der Waals surface area contributed by atoms with Gasteiger partial charge in [0.1, 0.15) is 6.33 Å². The summed E-state index contributed by atoms with van der Waals surface area (Å²) in [7, 11) is 1.67. The molecule has 0 aromatic carbocycles. The van der Waals surface area contributed by atoms with Crippen LogP contribution in [0, 0.1) is 12.3 Å². The van der Waals surface area contributed by atoms with Crippen LogP contribution in [0.4, 0.5) is 0 Å². The zero-order valence-electron chi connectivity index (χ0n) is 7.53. The molecule has 5 heteroatoms. The quantitative estimate of drug-likeness (QED) is 0.468. The number of rotatable bonds is 4. The number of terminal acetylenes is 1. The number of nitrogens with zero attached hydrogens (tertiary/aromatic N) is 3. The lowest BCUT2D eigenvalue weighted by atomic mass is 10.6. The van der Waals surface area contributed by atoms with E-state index in [1.165, 1.54) is 15.6 Å². The lowest BCUT2D eigenvalue weighted by molar-refractivity contribution is 0.553. The Hall–Kier alpha value is -1.54. The van der Waals surface area contributed by atoms with E-state index < -0.39 is 0 Å². The molecule has 1 N–H and O–H groups in total. The van der Waals surface area contributed by atoms with Crippen molar-refractivity contribution in [2.45, 2.75) is 6.54 Å². The lowest BCUT2D eigenvalue weighted by Crippen LogP contribution is -2.28. The van der Waals surface area contributed by atoms with Crippen molar-refractivity contribution in [2.75, 3.05) is 13.1 Å². The molecule has 0 radical (unpaired) electrons. The Morgan fingerprint density at radius 3 is 3.08 bits per heavy atom. The topological polar surface area (TPSA) is 51.9 Å². The van der Waals surface area contributed by atoms with E-state index in [0.717, 1.165) is 0 Å². The van der Waals surface area contributed by atoms with Gasteiger partial charge >= 0.3 is 5.69 Å². The molecule has 0 aliphatic carbocycles. The molecular weight excluding hydrogens is 168 g/mol. The third-order valence-electron chi connectivity index (χ3n) is 1.61. The molecule has 1 heterocycles. The molecule has 0 fully saturated rings. The minimum atomic E-state index is -0.109. The summed E-state index contributed by atoms with van der Waals surface area (Å²) in [5, 5.41) is 6.86. The molecule has 70 valence electrons. The molecule has 13 heavy (non-hydrogen) atoms. The van der Waals surface area contributed by atoms with Crippen molar-refractivity contribution in [2.24, 2.45) is 7.05 Å². The van der Waals surface area contributed by atoms with E-state index in [-0.39, 0.29) is 5.69 Å². The Labute approximate surface area is 76.4 Å². The monoisotopic (exact) mass is 180 g/mol. The molecule has 5 nitrogen and oxygen atoms in total. The maximum Gasteiger partial charge on any atom is 0.345 e. The van der Waals surface area contributed by atoms with Gasteiger partial charge in [0.15, 0.2) is 0 Å². The fourth-order valence-electron chi connectivity index (χ4n) is 0.920. The second-order valence-electron chi connectivity index (χ2n) is 2.63. The highest BCUT2D eigenvalue weighted by Gasteiger charge is 1.98. The van der Waals surface area contributed by atoms with Gasteiger partial charge in [-0.3, -0.25) is 4.57 Å². The van der Waals surface area contributed by atoms with E-state index in [9.17, 15) is 4.79 Å². The summed E-state index contributed by atoms with van der Waals surface area (Å²) in [6.07, 6.45) is 6.53. The van der Waals surface area contributed by atoms with Crippen molar-refractivity contribution in [3.05, 3.63) is 16.8 Å². The standard InChI is InChI=1S/C8H12N4O/c1-3-4-9-5-6-12-8(13)11(2)7-10-12/h1,7,9H,4-6H2,2H3. The van der Waals surface area contributed by atoms with Crippen molar-refractivity contribution in [3.63, 3.8) is 0 Å². The SMILES string of the molecule is C#CCNCCn1ncn(C)c1=O. The molecule has 0 saturated carbocycles. The predicted octanol–water partition coefficient (Wildman–Crippen LogP) is -1.20. The van der Waals surface area contributed by atoms with Crippen LogP contribution in [-0.2, 0) is 13.6 Å². The van der Waals surface area contributed by atoms with Gasteiger partial charge in [0.25, 0.3) is 0 Å². The smallest absolute Gasteiger partial charge is 0.304 e. The Morgan fingerprint density at radius 2 is 2.54 bits per heavy atom. The van der Waals surface area contributed by atoms with Gasteiger partial charge in [0.2, 0.25) is 0 Å². The molecule has 0 unspecified atom stereocenters. The fourth-order valence-corrected chi connectivity index (χ4v) is 0.920. The van der Waals surface area contributed by atoms with Gasteiger partial charge in [-0.25, -0.2) is 9.48 Å². The molecule has 1 aromatic rings. The highest BCUT2D eigenvalue weighted by molar-refractivity contribution is 4.86. The first-order chi connectivity index (χ1) is 6.25. The van der Waals surface area contributed by atoms with Gasteiger partial charge < -0.3 is 5.32 Å². The number of aryl methyl sites for hydroxylation is 1. The molecule has 1 aromatic heterocycles. The fraction of sp³-hybridized carbons (Fsp3) is 0.500. The Morgan fingerprint density at radius 1 is 1.77 bits per heavy atom. The lowest BCUT2D eigenvalue weighted by Gasteiger charge is -1.99. The zero-order valence-corrected chi connectivity index (χ0v) is 7.53. The summed E-state index contributed by atoms with van der Waals surface area (Å²) in [5.74, 6) is 2.45. The Bertz CT molecular complexity index is 357. The van der Waals surface area contributed by atoms with E-state index in [2.05, 4.69) is 16.3 Å². The maximum atomic E-state index is 11.2. The third kappa shape index (κ3) is 2.46. The molecule has 0 saturated heterocycles. The Kier molecular flexibility index (Phi) is 3.29. The van der Waals surface area contributed by atoms with E-state index in [1.54, 1.807) is 7.05 Å². The largest absolute Gasteiger partial charge is 0.345 e. The molecule has 0 spiro atoms. The van der Waals surface area contributed by atoms with Gasteiger partial charge in [-0.15, -0.1) is 6.42 Å². The van der Waals surface area contributed by atoms with E-state index in [4.69, 9.17) is 6.42 Å². The molecule has 0 aliphatic heterocycles. The van der Waals surface area contributed by atoms with Crippen LogP contribution in [0.1, 0.15) is 0 Å². The van der Waals surface area contributed by atoms with Crippen LogP contribution in [0.25, 0.3) is 0 Å². The van der Waals surface area contributed by atoms with Gasteiger partial charge in [0.05, 0.1) is 13.1 Å². The minimum absolute atomic E-state index is 0.109. The number of hydrogen-bond acceptors (Lipinski definition) is 3. The van der Waals surface area contributed by atoms with E-state index >= 15 is 0 Å². The summed E-state index contributed by atoms with van der Waals surface area (Å²) in [5.41, 5.74) is -0.109. The highest BCUT2D eigenvalue weighted by atomic mass is 16.2. The van der Waals surface area contributed by atoms with Crippen LogP contribution >= 0.6 is 0 Å². The van der Waals surface area contributed by atoms with E-state index in [1.807, 2.05) is 0 Å². The predicted molar refractivity (Wildman–Crippen MR) is 49.2 cm³/mol. The average Bonchev–Trinajstić information content (AvgIpc) is 2.43. The normalized spacial score (nSPS) is 9.85. The van der Waals surface area contributed by atoms with Crippen LogP contribution in [0.5, 0.6) is 0 Å². The van der Waals surface area contributed by atoms with Gasteiger partial charge in [0, 0.05) is 13.6 Å². The third-order valence-corrected chi connectivity index (χ3v) is 1.61. The maximum absolute atomic E-state index is 11.2.